The number of phosphoric ester groups is 1. The molecule has 0 aromatic carbocycles. The lowest BCUT2D eigenvalue weighted by Gasteiger charge is -2.24. The van der Waals surface area contributed by atoms with Gasteiger partial charge in [0.25, 0.3) is 0 Å². The first-order chi connectivity index (χ1) is 43.0. The van der Waals surface area contributed by atoms with E-state index in [-0.39, 0.29) is 32.0 Å². The van der Waals surface area contributed by atoms with E-state index in [0.717, 1.165) is 70.6 Å². The lowest BCUT2D eigenvalue weighted by molar-refractivity contribution is -0.870. The van der Waals surface area contributed by atoms with E-state index < -0.39 is 26.5 Å². The Labute approximate surface area is 545 Å². The van der Waals surface area contributed by atoms with Crippen LogP contribution in [-0.4, -0.2) is 74.9 Å². The van der Waals surface area contributed by atoms with Crippen LogP contribution in [0.4, 0.5) is 0 Å². The smallest absolute Gasteiger partial charge is 0.462 e. The van der Waals surface area contributed by atoms with Gasteiger partial charge in [-0.3, -0.25) is 18.6 Å². The Hall–Kier alpha value is -2.81. The molecule has 0 amide bonds. The summed E-state index contributed by atoms with van der Waals surface area (Å²) in [5.41, 5.74) is 0. The topological polar surface area (TPSA) is 108 Å². The molecule has 0 heterocycles. The van der Waals surface area contributed by atoms with Crippen molar-refractivity contribution in [1.29, 1.82) is 0 Å². The number of hydrogen-bond acceptors (Lipinski definition) is 7. The van der Waals surface area contributed by atoms with E-state index in [2.05, 4.69) is 98.9 Å². The van der Waals surface area contributed by atoms with Crippen molar-refractivity contribution in [2.24, 2.45) is 0 Å². The Balaban J connectivity index is 3.98. The molecule has 0 aliphatic carbocycles. The highest BCUT2D eigenvalue weighted by molar-refractivity contribution is 7.47. The first kappa shape index (κ1) is 85.2. The maximum atomic E-state index is 12.9. The zero-order chi connectivity index (χ0) is 64.1. The third kappa shape index (κ3) is 72.3. The fourth-order valence-electron chi connectivity index (χ4n) is 10.7. The van der Waals surface area contributed by atoms with Crippen LogP contribution in [0.15, 0.2) is 85.1 Å². The molecule has 10 heteroatoms. The highest BCUT2D eigenvalue weighted by Crippen LogP contribution is 2.43. The van der Waals surface area contributed by atoms with E-state index in [1.807, 2.05) is 21.1 Å². The Kier molecular flexibility index (Phi) is 66.4. The van der Waals surface area contributed by atoms with Gasteiger partial charge < -0.3 is 18.9 Å². The molecule has 512 valence electrons. The second-order valence-corrected chi connectivity index (χ2v) is 27.8. The van der Waals surface area contributed by atoms with Crippen molar-refractivity contribution in [2.45, 2.75) is 354 Å². The van der Waals surface area contributed by atoms with Gasteiger partial charge in [0.1, 0.15) is 19.8 Å². The summed E-state index contributed by atoms with van der Waals surface area (Å²) in [4.78, 5) is 35.9. The molecule has 0 aromatic heterocycles. The summed E-state index contributed by atoms with van der Waals surface area (Å²) in [5, 5.41) is 0. The number of carbonyl (C=O) groups excluding carboxylic acids is 2. The van der Waals surface area contributed by atoms with Gasteiger partial charge in [0, 0.05) is 12.8 Å². The number of ether oxygens (including phenoxy) is 2. The van der Waals surface area contributed by atoms with Gasteiger partial charge in [-0.05, 0) is 89.9 Å². The largest absolute Gasteiger partial charge is 0.472 e. The second-order valence-electron chi connectivity index (χ2n) is 26.3. The van der Waals surface area contributed by atoms with Crippen LogP contribution in [0.1, 0.15) is 348 Å². The molecule has 0 fully saturated rings. The molecule has 0 saturated heterocycles. The minimum absolute atomic E-state index is 0.0315. The first-order valence-electron chi connectivity index (χ1n) is 37.3. The quantitative estimate of drug-likeness (QED) is 0.0211. The first-order valence-corrected chi connectivity index (χ1v) is 38.8. The summed E-state index contributed by atoms with van der Waals surface area (Å²) in [6.45, 7) is 4.36. The Bertz CT molecular complexity index is 1760. The Morgan fingerprint density at radius 1 is 0.364 bits per heavy atom. The monoisotopic (exact) mass is 1250 g/mol. The second kappa shape index (κ2) is 68.6. The Morgan fingerprint density at radius 3 is 0.966 bits per heavy atom. The third-order valence-electron chi connectivity index (χ3n) is 16.4. The molecule has 9 nitrogen and oxygen atoms in total. The number of nitrogens with zero attached hydrogens (tertiary/aromatic N) is 1. The predicted octanol–water partition coefficient (Wildman–Crippen LogP) is 24.5. The van der Waals surface area contributed by atoms with Gasteiger partial charge in [0.15, 0.2) is 6.10 Å². The van der Waals surface area contributed by atoms with Gasteiger partial charge >= 0.3 is 19.8 Å². The summed E-state index contributed by atoms with van der Waals surface area (Å²) in [6.07, 6.45) is 94.2. The fourth-order valence-corrected chi connectivity index (χ4v) is 11.5. The average molecular weight is 1250 g/mol. The molecule has 88 heavy (non-hydrogen) atoms. The van der Waals surface area contributed by atoms with E-state index in [0.29, 0.717) is 17.4 Å². The van der Waals surface area contributed by atoms with Crippen molar-refractivity contribution in [3.8, 4) is 0 Å². The van der Waals surface area contributed by atoms with Crippen molar-refractivity contribution in [1.82, 2.24) is 0 Å². The number of quaternary nitrogens is 1. The summed E-state index contributed by atoms with van der Waals surface area (Å²) in [7, 11) is 1.49. The van der Waals surface area contributed by atoms with Crippen molar-refractivity contribution >= 4 is 19.8 Å². The molecule has 0 rings (SSSR count). The minimum atomic E-state index is -4.39. The van der Waals surface area contributed by atoms with Crippen LogP contribution in [0.25, 0.3) is 0 Å². The molecule has 2 atom stereocenters. The number of phosphoric acid groups is 1. The lowest BCUT2D eigenvalue weighted by atomic mass is 10.0. The van der Waals surface area contributed by atoms with Crippen LogP contribution in [0.2, 0.25) is 0 Å². The molecule has 2 unspecified atom stereocenters. The Morgan fingerprint density at radius 2 is 0.648 bits per heavy atom. The lowest BCUT2D eigenvalue weighted by Crippen LogP contribution is -2.37. The molecule has 0 aromatic rings. The van der Waals surface area contributed by atoms with Crippen molar-refractivity contribution < 1.29 is 42.1 Å². The van der Waals surface area contributed by atoms with Gasteiger partial charge in [-0.25, -0.2) is 4.57 Å². The van der Waals surface area contributed by atoms with E-state index in [1.165, 1.54) is 244 Å². The fraction of sp³-hybridized carbons (Fsp3) is 0.795. The molecule has 0 aliphatic heterocycles. The van der Waals surface area contributed by atoms with E-state index in [1.54, 1.807) is 0 Å². The number of hydrogen-bond donors (Lipinski definition) is 1. The molecule has 0 bridgehead atoms. The molecule has 0 radical (unpaired) electrons. The normalized spacial score (nSPS) is 13.6. The number of unbranched alkanes of at least 4 members (excludes halogenated alkanes) is 41. The van der Waals surface area contributed by atoms with Crippen LogP contribution in [-0.2, 0) is 32.7 Å². The standard InChI is InChI=1S/C78H142NO8P/c1-6-8-10-12-14-16-18-20-22-24-26-28-30-32-34-36-37-38-39-40-41-43-45-47-49-51-53-55-57-59-61-63-65-67-69-71-78(81)87-76(75-86-88(82,83)85-73-72-79(3,4)5)74-84-77(80)70-68-66-64-62-60-58-56-54-52-50-48-46-44-42-35-33-31-29-27-25-23-21-19-17-15-13-11-9-7-2/h8,10,14,16,19-22,25-28,31,33,76H,6-7,9,11-13,15,17-18,23-24,29-30,32,34-75H2,1-5H3/p+1/b10-8-,16-14-,21-19-,22-20-,27-25-,28-26-,33-31-. The number of carbonyl (C=O) groups is 2. The third-order valence-corrected chi connectivity index (χ3v) is 17.4. The SMILES string of the molecule is CC/C=C\C/C=C\C/C=C\C/C=C\CCCCCCCCCCCCCCCCCCCCCCCCC(=O)OC(COC(=O)CCCCCCCCCCCCCCCC/C=C\C/C=C\C/C=C\CCCCCCC)COP(=O)(O)OCC[N+](C)(C)C. The van der Waals surface area contributed by atoms with E-state index in [9.17, 15) is 19.0 Å². The summed E-state index contributed by atoms with van der Waals surface area (Å²) in [6, 6.07) is 0. The van der Waals surface area contributed by atoms with E-state index in [4.69, 9.17) is 18.5 Å². The van der Waals surface area contributed by atoms with Crippen LogP contribution in [0.3, 0.4) is 0 Å². The maximum Gasteiger partial charge on any atom is 0.472 e. The molecule has 0 saturated carbocycles. The number of allylic oxidation sites excluding steroid dienone is 14. The highest BCUT2D eigenvalue weighted by Gasteiger charge is 2.27. The zero-order valence-corrected chi connectivity index (χ0v) is 59.4. The zero-order valence-electron chi connectivity index (χ0n) is 58.5. The summed E-state index contributed by atoms with van der Waals surface area (Å²) < 4.78 is 34.8. The summed E-state index contributed by atoms with van der Waals surface area (Å²) in [5.74, 6) is -0.783. The van der Waals surface area contributed by atoms with Gasteiger partial charge in [-0.15, -0.1) is 0 Å². The van der Waals surface area contributed by atoms with Crippen LogP contribution < -0.4 is 0 Å². The molecule has 1 N–H and O–H groups in total. The van der Waals surface area contributed by atoms with E-state index >= 15 is 0 Å². The molecule has 0 spiro atoms. The van der Waals surface area contributed by atoms with Crippen LogP contribution >= 0.6 is 7.82 Å². The van der Waals surface area contributed by atoms with Crippen LogP contribution in [0.5, 0.6) is 0 Å². The predicted molar refractivity (Wildman–Crippen MR) is 381 cm³/mol. The van der Waals surface area contributed by atoms with Gasteiger partial charge in [0.2, 0.25) is 0 Å². The highest BCUT2D eigenvalue weighted by atomic mass is 31.2. The molecule has 0 aliphatic rings. The van der Waals surface area contributed by atoms with Crippen molar-refractivity contribution in [3.63, 3.8) is 0 Å². The number of esters is 2. The van der Waals surface area contributed by atoms with Crippen molar-refractivity contribution in [2.75, 3.05) is 47.5 Å². The average Bonchev–Trinajstić information content (AvgIpc) is 3.57. The van der Waals surface area contributed by atoms with Crippen LogP contribution in [0, 0.1) is 0 Å². The van der Waals surface area contributed by atoms with Gasteiger partial charge in [-0.1, -0.05) is 330 Å². The molecular formula is C78H143NO8P+. The van der Waals surface area contributed by atoms with Gasteiger partial charge in [-0.2, -0.15) is 0 Å². The minimum Gasteiger partial charge on any atom is -0.462 e. The maximum absolute atomic E-state index is 12.9. The van der Waals surface area contributed by atoms with Crippen molar-refractivity contribution in [3.05, 3.63) is 85.1 Å². The molecular weight excluding hydrogens is 1110 g/mol. The van der Waals surface area contributed by atoms with Gasteiger partial charge in [0.05, 0.1) is 27.7 Å². The number of likely N-dealkylation sites (N-methyl/N-ethyl adjacent to an activating group) is 1. The summed E-state index contributed by atoms with van der Waals surface area (Å²) >= 11 is 0. The number of rotatable bonds is 69.